The first-order valence-electron chi connectivity index (χ1n) is 4.54. The smallest absolute Gasteiger partial charge is 0.309 e. The molecule has 0 aromatic carbocycles. The normalized spacial score (nSPS) is 61.0. The van der Waals surface area contributed by atoms with Gasteiger partial charge in [-0.3, -0.25) is 4.79 Å². The van der Waals surface area contributed by atoms with Gasteiger partial charge in [0.2, 0.25) is 0 Å². The van der Waals surface area contributed by atoms with Crippen molar-refractivity contribution in [1.29, 1.82) is 0 Å². The van der Waals surface area contributed by atoms with Crippen molar-refractivity contribution in [2.45, 2.75) is 23.4 Å². The molecule has 6 atom stereocenters. The van der Waals surface area contributed by atoms with E-state index in [4.69, 9.17) is 4.74 Å². The summed E-state index contributed by atoms with van der Waals surface area (Å²) in [6, 6.07) is 0. The Morgan fingerprint density at radius 3 is 2.92 bits per heavy atom. The van der Waals surface area contributed by atoms with Gasteiger partial charge in [-0.05, 0) is 18.3 Å². The molecule has 2 nitrogen and oxygen atoms in total. The number of fused-ring (bicyclic) bond motifs is 1. The summed E-state index contributed by atoms with van der Waals surface area (Å²) in [6.07, 6.45) is 1.50. The number of ether oxygens (including phenoxy) is 1. The van der Waals surface area contributed by atoms with Crippen molar-refractivity contribution in [2.24, 2.45) is 23.7 Å². The van der Waals surface area contributed by atoms with Gasteiger partial charge in [0.15, 0.2) is 0 Å². The summed E-state index contributed by atoms with van der Waals surface area (Å²) in [5.41, 5.74) is 0. The van der Waals surface area contributed by atoms with Gasteiger partial charge in [-0.1, -0.05) is 29.5 Å². The van der Waals surface area contributed by atoms with Crippen molar-refractivity contribution in [3.63, 3.8) is 0 Å². The molecule has 0 amide bonds. The van der Waals surface area contributed by atoms with Gasteiger partial charge in [0.1, 0.15) is 6.10 Å². The first kappa shape index (κ1) is 7.59. The lowest BCUT2D eigenvalue weighted by Gasteiger charge is -2.25. The largest absolute Gasteiger partial charge is 0.461 e. The van der Waals surface area contributed by atoms with Crippen LogP contribution in [0.2, 0.25) is 0 Å². The third kappa shape index (κ3) is 0.659. The zero-order valence-electron chi connectivity index (χ0n) is 6.87. The molecule has 0 radical (unpaired) electrons. The van der Waals surface area contributed by atoms with Gasteiger partial charge in [-0.2, -0.15) is 0 Å². The fourth-order valence-electron chi connectivity index (χ4n) is 3.32. The first-order chi connectivity index (χ1) is 5.70. The molecule has 0 aromatic rings. The maximum Gasteiger partial charge on any atom is 0.309 e. The van der Waals surface area contributed by atoms with Crippen LogP contribution in [0.5, 0.6) is 0 Å². The van der Waals surface area contributed by atoms with E-state index in [2.05, 4.69) is 29.5 Å². The number of carbonyl (C=O) groups excluding carboxylic acids is 1. The van der Waals surface area contributed by atoms with Gasteiger partial charge in [-0.25, -0.2) is 0 Å². The molecule has 66 valence electrons. The Labute approximate surface area is 85.2 Å². The van der Waals surface area contributed by atoms with Crippen LogP contribution in [0.15, 0.2) is 0 Å². The molecule has 3 fully saturated rings. The van der Waals surface area contributed by atoms with E-state index >= 15 is 0 Å². The van der Waals surface area contributed by atoms with E-state index in [0.717, 1.165) is 5.92 Å². The van der Waals surface area contributed by atoms with Crippen LogP contribution in [0, 0.1) is 23.7 Å². The lowest BCUT2D eigenvalue weighted by molar-refractivity contribution is -0.143. The predicted octanol–water partition coefficient (Wildman–Crippen LogP) is 1.62. The van der Waals surface area contributed by atoms with Crippen LogP contribution < -0.4 is 0 Å². The lowest BCUT2D eigenvalue weighted by atomic mass is 9.81. The van der Waals surface area contributed by atoms with E-state index in [1.165, 1.54) is 6.42 Å². The second-order valence-electron chi connectivity index (χ2n) is 4.29. The molecule has 12 heavy (non-hydrogen) atoms. The van der Waals surface area contributed by atoms with Gasteiger partial charge in [0.05, 0.1) is 9.84 Å². The molecule has 0 unspecified atom stereocenters. The minimum Gasteiger partial charge on any atom is -0.461 e. The summed E-state index contributed by atoms with van der Waals surface area (Å²) in [5.74, 6) is 2.23. The standard InChI is InChI=1S/C9H11IO2/c1-3-4-2-5-6(3)9(11)12-8(5)7(4)10/h3-8H,2H2,1H3/t3-,4-,5+,6+,7+,8-/m0/s1. The van der Waals surface area contributed by atoms with E-state index in [9.17, 15) is 4.79 Å². The maximum absolute atomic E-state index is 11.4. The average molecular weight is 278 g/mol. The molecule has 3 rings (SSSR count). The molecular weight excluding hydrogens is 267 g/mol. The number of hydrogen-bond acceptors (Lipinski definition) is 2. The number of alkyl halides is 1. The predicted molar refractivity (Wildman–Crippen MR) is 51.9 cm³/mol. The highest BCUT2D eigenvalue weighted by atomic mass is 127. The molecule has 3 aliphatic rings. The third-order valence-electron chi connectivity index (χ3n) is 3.92. The molecular formula is C9H11IO2. The Bertz CT molecular complexity index is 253. The molecule has 2 saturated carbocycles. The van der Waals surface area contributed by atoms with E-state index in [0.29, 0.717) is 15.8 Å². The average Bonchev–Trinajstić information content (AvgIpc) is 2.56. The summed E-state index contributed by atoms with van der Waals surface area (Å²) >= 11 is 2.46. The molecule has 0 spiro atoms. The Morgan fingerprint density at radius 2 is 2.25 bits per heavy atom. The highest BCUT2D eigenvalue weighted by Gasteiger charge is 2.64. The zero-order chi connectivity index (χ0) is 8.46. The highest BCUT2D eigenvalue weighted by molar-refractivity contribution is 14.1. The van der Waals surface area contributed by atoms with Gasteiger partial charge in [-0.15, -0.1) is 0 Å². The van der Waals surface area contributed by atoms with Crippen molar-refractivity contribution < 1.29 is 9.53 Å². The molecule has 1 saturated heterocycles. The molecule has 3 heteroatoms. The summed E-state index contributed by atoms with van der Waals surface area (Å²) in [6.45, 7) is 2.21. The maximum atomic E-state index is 11.4. The Balaban J connectivity index is 2.06. The van der Waals surface area contributed by atoms with Crippen molar-refractivity contribution in [3.8, 4) is 0 Å². The second kappa shape index (κ2) is 2.16. The van der Waals surface area contributed by atoms with E-state index in [-0.39, 0.29) is 18.0 Å². The summed E-state index contributed by atoms with van der Waals surface area (Å²) in [4.78, 5) is 11.4. The molecule has 1 heterocycles. The SMILES string of the molecule is C[C@H]1[C@@H]2C[C@H]3[C@H](OC(=O)[C@H]13)[C@@H]2I. The number of hydrogen-bond donors (Lipinski definition) is 0. The van der Waals surface area contributed by atoms with Crippen molar-refractivity contribution in [3.05, 3.63) is 0 Å². The van der Waals surface area contributed by atoms with Crippen LogP contribution in [0.3, 0.4) is 0 Å². The molecule has 0 aromatic heterocycles. The van der Waals surface area contributed by atoms with Crippen LogP contribution in [0.1, 0.15) is 13.3 Å². The Morgan fingerprint density at radius 1 is 1.50 bits per heavy atom. The number of rotatable bonds is 0. The fourth-order valence-corrected chi connectivity index (χ4v) is 4.95. The summed E-state index contributed by atoms with van der Waals surface area (Å²) in [5, 5.41) is 0. The van der Waals surface area contributed by atoms with E-state index < -0.39 is 0 Å². The van der Waals surface area contributed by atoms with Crippen LogP contribution in [-0.4, -0.2) is 16.0 Å². The molecule has 1 aliphatic heterocycles. The first-order valence-corrected chi connectivity index (χ1v) is 5.79. The fraction of sp³-hybridized carbons (Fsp3) is 0.889. The van der Waals surface area contributed by atoms with Crippen molar-refractivity contribution in [1.82, 2.24) is 0 Å². The van der Waals surface area contributed by atoms with Crippen LogP contribution >= 0.6 is 22.6 Å². The highest BCUT2D eigenvalue weighted by Crippen LogP contribution is 2.59. The Hall–Kier alpha value is 0.200. The minimum atomic E-state index is 0.0826. The molecule has 2 bridgehead atoms. The number of halogens is 1. The molecule has 2 aliphatic carbocycles. The third-order valence-corrected chi connectivity index (χ3v) is 5.55. The topological polar surface area (TPSA) is 26.3 Å². The monoisotopic (exact) mass is 278 g/mol. The van der Waals surface area contributed by atoms with Gasteiger partial charge >= 0.3 is 5.97 Å². The number of esters is 1. The van der Waals surface area contributed by atoms with Gasteiger partial charge in [0, 0.05) is 5.92 Å². The minimum absolute atomic E-state index is 0.0826. The molecule has 0 N–H and O–H groups in total. The number of carbonyl (C=O) groups is 1. The Kier molecular flexibility index (Phi) is 1.37. The van der Waals surface area contributed by atoms with Crippen LogP contribution in [0.25, 0.3) is 0 Å². The van der Waals surface area contributed by atoms with Gasteiger partial charge in [0.25, 0.3) is 0 Å². The van der Waals surface area contributed by atoms with Gasteiger partial charge < -0.3 is 4.74 Å². The van der Waals surface area contributed by atoms with Crippen LogP contribution in [0.4, 0.5) is 0 Å². The van der Waals surface area contributed by atoms with Crippen LogP contribution in [-0.2, 0) is 9.53 Å². The summed E-state index contributed by atoms with van der Waals surface area (Å²) in [7, 11) is 0. The summed E-state index contributed by atoms with van der Waals surface area (Å²) < 4.78 is 5.96. The van der Waals surface area contributed by atoms with E-state index in [1.807, 2.05) is 0 Å². The van der Waals surface area contributed by atoms with Crippen molar-refractivity contribution in [2.75, 3.05) is 0 Å². The lowest BCUT2D eigenvalue weighted by Crippen LogP contribution is -2.32. The quantitative estimate of drug-likeness (QED) is 0.382. The van der Waals surface area contributed by atoms with Crippen molar-refractivity contribution >= 4 is 28.6 Å². The zero-order valence-corrected chi connectivity index (χ0v) is 9.02. The van der Waals surface area contributed by atoms with E-state index in [1.54, 1.807) is 0 Å². The second-order valence-corrected chi connectivity index (χ2v) is 5.73.